The summed E-state index contributed by atoms with van der Waals surface area (Å²) in [5.41, 5.74) is 2.17. The molecule has 24 heavy (non-hydrogen) atoms. The van der Waals surface area contributed by atoms with E-state index < -0.39 is 0 Å². The van der Waals surface area contributed by atoms with Gasteiger partial charge in [-0.3, -0.25) is 4.98 Å². The Bertz CT molecular complexity index is 668. The van der Waals surface area contributed by atoms with Gasteiger partial charge in [0.15, 0.2) is 5.96 Å². The molecule has 0 unspecified atom stereocenters. The van der Waals surface area contributed by atoms with E-state index in [0.717, 1.165) is 35.9 Å². The number of methoxy groups -OCH3 is 1. The maximum absolute atomic E-state index is 5.39. The summed E-state index contributed by atoms with van der Waals surface area (Å²) in [5, 5.41) is 6.87. The average Bonchev–Trinajstić information content (AvgIpc) is 3.44. The first kappa shape index (κ1) is 16.3. The van der Waals surface area contributed by atoms with Crippen LogP contribution < -0.4 is 15.4 Å². The number of aliphatic imine (C=N–C) groups is 1. The number of rotatable bonds is 7. The van der Waals surface area contributed by atoms with Crippen LogP contribution in [0.4, 0.5) is 0 Å². The molecular formula is C19H24N4O. The van der Waals surface area contributed by atoms with Gasteiger partial charge in [0, 0.05) is 36.5 Å². The molecule has 1 aromatic carbocycles. The lowest BCUT2D eigenvalue weighted by atomic mass is 10.2. The number of benzene rings is 1. The van der Waals surface area contributed by atoms with E-state index in [9.17, 15) is 0 Å². The van der Waals surface area contributed by atoms with E-state index in [-0.39, 0.29) is 0 Å². The van der Waals surface area contributed by atoms with Gasteiger partial charge in [-0.05, 0) is 31.0 Å². The largest absolute Gasteiger partial charge is 0.496 e. The minimum atomic E-state index is 0.559. The van der Waals surface area contributed by atoms with Crippen LogP contribution in [-0.4, -0.2) is 30.6 Å². The maximum Gasteiger partial charge on any atom is 0.191 e. The van der Waals surface area contributed by atoms with E-state index in [4.69, 9.17) is 9.73 Å². The summed E-state index contributed by atoms with van der Waals surface area (Å²) in [5.74, 6) is 1.74. The molecular weight excluding hydrogens is 300 g/mol. The minimum absolute atomic E-state index is 0.559. The first-order valence-electron chi connectivity index (χ1n) is 8.42. The molecule has 5 nitrogen and oxygen atoms in total. The van der Waals surface area contributed by atoms with Gasteiger partial charge in [0.1, 0.15) is 5.75 Å². The molecule has 0 saturated heterocycles. The fourth-order valence-corrected chi connectivity index (χ4v) is 2.43. The van der Waals surface area contributed by atoms with Crippen LogP contribution in [0.15, 0.2) is 53.7 Å². The predicted octanol–water partition coefficient (Wildman–Crippen LogP) is 2.53. The lowest BCUT2D eigenvalue weighted by Crippen LogP contribution is -2.39. The van der Waals surface area contributed by atoms with Crippen LogP contribution >= 0.6 is 0 Å². The van der Waals surface area contributed by atoms with Gasteiger partial charge in [-0.15, -0.1) is 0 Å². The average molecular weight is 324 g/mol. The smallest absolute Gasteiger partial charge is 0.191 e. The Hall–Kier alpha value is -2.56. The van der Waals surface area contributed by atoms with Gasteiger partial charge in [-0.25, -0.2) is 4.99 Å². The second kappa shape index (κ2) is 8.34. The first-order valence-corrected chi connectivity index (χ1v) is 8.42. The van der Waals surface area contributed by atoms with Crippen molar-refractivity contribution in [1.82, 2.24) is 15.6 Å². The van der Waals surface area contributed by atoms with E-state index >= 15 is 0 Å². The van der Waals surface area contributed by atoms with Crippen molar-refractivity contribution in [3.63, 3.8) is 0 Å². The molecule has 3 rings (SSSR count). The van der Waals surface area contributed by atoms with Crippen LogP contribution in [0.5, 0.6) is 5.75 Å². The Labute approximate surface area is 143 Å². The molecule has 0 aliphatic heterocycles. The molecule has 5 heteroatoms. The highest BCUT2D eigenvalue weighted by Gasteiger charge is 2.22. The molecule has 1 aliphatic carbocycles. The van der Waals surface area contributed by atoms with Crippen molar-refractivity contribution in [2.24, 2.45) is 4.99 Å². The van der Waals surface area contributed by atoms with Crippen molar-refractivity contribution in [1.29, 1.82) is 0 Å². The Morgan fingerprint density at radius 1 is 1.21 bits per heavy atom. The summed E-state index contributed by atoms with van der Waals surface area (Å²) >= 11 is 0. The number of hydrogen-bond acceptors (Lipinski definition) is 3. The van der Waals surface area contributed by atoms with Crippen molar-refractivity contribution in [2.45, 2.75) is 31.8 Å². The molecule has 0 bridgehead atoms. The Kier molecular flexibility index (Phi) is 5.66. The van der Waals surface area contributed by atoms with E-state index in [0.29, 0.717) is 12.6 Å². The summed E-state index contributed by atoms with van der Waals surface area (Å²) < 4.78 is 5.39. The third-order valence-corrected chi connectivity index (χ3v) is 3.92. The summed E-state index contributed by atoms with van der Waals surface area (Å²) in [6.07, 6.45) is 5.14. The second-order valence-corrected chi connectivity index (χ2v) is 5.89. The van der Waals surface area contributed by atoms with E-state index in [1.54, 1.807) is 7.11 Å². The van der Waals surface area contributed by atoms with Crippen molar-refractivity contribution in [3.05, 3.63) is 59.9 Å². The van der Waals surface area contributed by atoms with Crippen molar-refractivity contribution in [3.8, 4) is 5.75 Å². The number of guanidine groups is 1. The number of para-hydroxylation sites is 1. The Morgan fingerprint density at radius 2 is 2.04 bits per heavy atom. The molecule has 0 atom stereocenters. The zero-order valence-electron chi connectivity index (χ0n) is 14.0. The van der Waals surface area contributed by atoms with Crippen LogP contribution in [0.2, 0.25) is 0 Å². The molecule has 1 aliphatic rings. The minimum Gasteiger partial charge on any atom is -0.496 e. The fourth-order valence-electron chi connectivity index (χ4n) is 2.43. The van der Waals surface area contributed by atoms with Gasteiger partial charge in [0.05, 0.1) is 13.7 Å². The highest BCUT2D eigenvalue weighted by molar-refractivity contribution is 5.80. The van der Waals surface area contributed by atoms with Crippen LogP contribution in [-0.2, 0) is 13.0 Å². The molecule has 126 valence electrons. The zero-order valence-corrected chi connectivity index (χ0v) is 14.0. The number of nitrogens with zero attached hydrogens (tertiary/aromatic N) is 2. The monoisotopic (exact) mass is 324 g/mol. The maximum atomic E-state index is 5.39. The fraction of sp³-hybridized carbons (Fsp3) is 0.368. The highest BCUT2D eigenvalue weighted by atomic mass is 16.5. The molecule has 0 amide bonds. The van der Waals surface area contributed by atoms with Gasteiger partial charge < -0.3 is 15.4 Å². The predicted molar refractivity (Wildman–Crippen MR) is 96.2 cm³/mol. The van der Waals surface area contributed by atoms with Crippen LogP contribution in [0, 0.1) is 0 Å². The zero-order chi connectivity index (χ0) is 16.6. The van der Waals surface area contributed by atoms with E-state index in [2.05, 4.69) is 15.6 Å². The molecule has 0 radical (unpaired) electrons. The molecule has 2 N–H and O–H groups in total. The van der Waals surface area contributed by atoms with Gasteiger partial charge in [0.25, 0.3) is 0 Å². The van der Waals surface area contributed by atoms with E-state index in [1.807, 2.05) is 48.7 Å². The Morgan fingerprint density at radius 3 is 2.79 bits per heavy atom. The molecule has 2 aromatic rings. The van der Waals surface area contributed by atoms with Gasteiger partial charge in [-0.1, -0.05) is 24.3 Å². The van der Waals surface area contributed by atoms with Crippen LogP contribution in [0.3, 0.4) is 0 Å². The van der Waals surface area contributed by atoms with Crippen molar-refractivity contribution < 1.29 is 4.74 Å². The molecule has 1 aromatic heterocycles. The lowest BCUT2D eigenvalue weighted by molar-refractivity contribution is 0.410. The topological polar surface area (TPSA) is 58.5 Å². The van der Waals surface area contributed by atoms with E-state index in [1.165, 1.54) is 12.8 Å². The lowest BCUT2D eigenvalue weighted by Gasteiger charge is -2.12. The first-order chi connectivity index (χ1) is 11.8. The third kappa shape index (κ3) is 4.98. The summed E-state index contributed by atoms with van der Waals surface area (Å²) in [6.45, 7) is 1.40. The van der Waals surface area contributed by atoms with Crippen molar-refractivity contribution >= 4 is 5.96 Å². The molecule has 1 saturated carbocycles. The number of hydrogen-bond donors (Lipinski definition) is 2. The quantitative estimate of drug-likeness (QED) is 0.607. The number of aromatic nitrogens is 1. The van der Waals surface area contributed by atoms with Gasteiger partial charge in [-0.2, -0.15) is 0 Å². The summed E-state index contributed by atoms with van der Waals surface area (Å²) in [6, 6.07) is 14.5. The molecule has 1 heterocycles. The summed E-state index contributed by atoms with van der Waals surface area (Å²) in [7, 11) is 1.69. The number of pyridine rings is 1. The van der Waals surface area contributed by atoms with Crippen molar-refractivity contribution in [2.75, 3.05) is 13.7 Å². The third-order valence-electron chi connectivity index (χ3n) is 3.92. The molecule has 0 spiro atoms. The number of ether oxygens (including phenoxy) is 1. The van der Waals surface area contributed by atoms with Crippen LogP contribution in [0.1, 0.15) is 24.1 Å². The Balaban J connectivity index is 1.58. The molecule has 1 fully saturated rings. The summed E-state index contributed by atoms with van der Waals surface area (Å²) in [4.78, 5) is 9.06. The second-order valence-electron chi connectivity index (χ2n) is 5.89. The van der Waals surface area contributed by atoms with Gasteiger partial charge >= 0.3 is 0 Å². The van der Waals surface area contributed by atoms with Crippen LogP contribution in [0.25, 0.3) is 0 Å². The normalized spacial score (nSPS) is 14.3. The highest BCUT2D eigenvalue weighted by Crippen LogP contribution is 2.19. The van der Waals surface area contributed by atoms with Gasteiger partial charge in [0.2, 0.25) is 0 Å². The SMILES string of the molecule is COc1ccccc1CN=C(NCCc1ccccn1)NC1CC1. The standard InChI is InChI=1S/C19H24N4O/c1-24-18-8-3-2-6-15(18)14-22-19(23-17-9-10-17)21-13-11-16-7-4-5-12-20-16/h2-8,12,17H,9-11,13-14H2,1H3,(H2,21,22,23). The number of nitrogens with one attached hydrogen (secondary N) is 2.